The van der Waals surface area contributed by atoms with Crippen LogP contribution < -0.4 is 0 Å². The van der Waals surface area contributed by atoms with E-state index in [1.807, 2.05) is 0 Å². The van der Waals surface area contributed by atoms with Crippen LogP contribution >= 0.6 is 46.4 Å². The van der Waals surface area contributed by atoms with Crippen LogP contribution in [-0.4, -0.2) is 26.2 Å². The Labute approximate surface area is 84.4 Å². The van der Waals surface area contributed by atoms with E-state index in [9.17, 15) is 4.79 Å². The van der Waals surface area contributed by atoms with E-state index in [0.717, 1.165) is 0 Å². The first-order valence-electron chi connectivity index (χ1n) is 2.69. The maximum Gasteiger partial charge on any atom is 0.324 e. The summed E-state index contributed by atoms with van der Waals surface area (Å²) in [5, 5.41) is 6.27. The molecular formula is C5H6Cl4O2. The fraction of sp³-hybridized carbons (Fsp3) is 0.800. The third-order valence-electron chi connectivity index (χ3n) is 1.09. The summed E-state index contributed by atoms with van der Waals surface area (Å²) in [4.78, 5) is 10.3. The minimum atomic E-state index is -1.64. The molecular weight excluding hydrogens is 234 g/mol. The zero-order chi connectivity index (χ0) is 9.23. The fourth-order valence-corrected chi connectivity index (χ4v) is 0.932. The van der Waals surface area contributed by atoms with Crippen molar-refractivity contribution < 1.29 is 9.90 Å². The minimum absolute atomic E-state index is 0.732. The lowest BCUT2D eigenvalue weighted by atomic mass is 10.2. The number of halogens is 4. The molecule has 0 spiro atoms. The summed E-state index contributed by atoms with van der Waals surface area (Å²) in [6, 6.07) is 0. The number of hydrogen-bond acceptors (Lipinski definition) is 1. The van der Waals surface area contributed by atoms with Gasteiger partial charge in [-0.25, -0.2) is 0 Å². The first-order valence-corrected chi connectivity index (χ1v) is 4.31. The van der Waals surface area contributed by atoms with Gasteiger partial charge < -0.3 is 5.11 Å². The maximum atomic E-state index is 10.3. The number of hydrogen-bond donors (Lipinski definition) is 1. The molecule has 2 nitrogen and oxygen atoms in total. The highest BCUT2D eigenvalue weighted by molar-refractivity contribution is 6.57. The Balaban J connectivity index is 4.41. The summed E-state index contributed by atoms with van der Waals surface area (Å²) in [5.41, 5.74) is 0. The van der Waals surface area contributed by atoms with E-state index in [0.29, 0.717) is 0 Å². The maximum absolute atomic E-state index is 10.3. The van der Waals surface area contributed by atoms with Gasteiger partial charge in [-0.1, -0.05) is 23.2 Å². The van der Waals surface area contributed by atoms with Gasteiger partial charge in [0.25, 0.3) is 0 Å². The van der Waals surface area contributed by atoms with Gasteiger partial charge in [-0.3, -0.25) is 4.79 Å². The predicted molar refractivity (Wildman–Crippen MR) is 47.0 cm³/mol. The second-order valence-electron chi connectivity index (χ2n) is 1.99. The molecule has 0 heterocycles. The van der Waals surface area contributed by atoms with Gasteiger partial charge in [-0.15, -0.1) is 23.2 Å². The van der Waals surface area contributed by atoms with Crippen molar-refractivity contribution in [1.29, 1.82) is 0 Å². The summed E-state index contributed by atoms with van der Waals surface area (Å²) < 4.78 is -1.64. The Morgan fingerprint density at radius 1 is 1.45 bits per heavy atom. The van der Waals surface area contributed by atoms with Gasteiger partial charge in [0.1, 0.15) is 0 Å². The Kier molecular flexibility index (Phi) is 4.27. The third kappa shape index (κ3) is 2.86. The molecule has 2 unspecified atom stereocenters. The molecule has 0 aromatic rings. The zero-order valence-electron chi connectivity index (χ0n) is 5.52. The van der Waals surface area contributed by atoms with Crippen LogP contribution in [0.1, 0.15) is 6.92 Å². The molecule has 0 aliphatic heterocycles. The number of carbonyl (C=O) groups is 1. The first kappa shape index (κ1) is 11.6. The van der Waals surface area contributed by atoms with E-state index in [1.54, 1.807) is 0 Å². The largest absolute Gasteiger partial charge is 0.480 e. The lowest BCUT2D eigenvalue weighted by Gasteiger charge is -2.24. The van der Waals surface area contributed by atoms with Gasteiger partial charge in [0, 0.05) is 0 Å². The molecule has 0 amide bonds. The van der Waals surface area contributed by atoms with Crippen LogP contribution in [0.2, 0.25) is 0 Å². The molecule has 0 saturated carbocycles. The van der Waals surface area contributed by atoms with Crippen LogP contribution in [0.5, 0.6) is 0 Å². The molecule has 0 fully saturated rings. The number of aliphatic carboxylic acids is 1. The van der Waals surface area contributed by atoms with Gasteiger partial charge in [0.2, 0.25) is 0 Å². The van der Waals surface area contributed by atoms with E-state index in [4.69, 9.17) is 51.5 Å². The van der Waals surface area contributed by atoms with Crippen LogP contribution in [0.3, 0.4) is 0 Å². The second kappa shape index (κ2) is 4.04. The van der Waals surface area contributed by atoms with Crippen LogP contribution in [0, 0.1) is 0 Å². The summed E-state index contributed by atoms with van der Waals surface area (Å²) in [7, 11) is 0. The molecule has 0 aliphatic carbocycles. The Hall–Kier alpha value is 0.630. The van der Waals surface area contributed by atoms with Crippen molar-refractivity contribution in [2.75, 3.05) is 0 Å². The van der Waals surface area contributed by atoms with Crippen molar-refractivity contribution in [2.45, 2.75) is 22.0 Å². The van der Waals surface area contributed by atoms with Gasteiger partial charge in [-0.05, 0) is 6.92 Å². The summed E-state index contributed by atoms with van der Waals surface area (Å²) in [6.45, 7) is 1.47. The zero-order valence-corrected chi connectivity index (χ0v) is 8.55. The summed E-state index contributed by atoms with van der Waals surface area (Å²) in [5.74, 6) is -1.29. The van der Waals surface area contributed by atoms with E-state index >= 15 is 0 Å². The van der Waals surface area contributed by atoms with Crippen molar-refractivity contribution in [1.82, 2.24) is 0 Å². The third-order valence-corrected chi connectivity index (χ3v) is 3.50. The Morgan fingerprint density at radius 2 is 1.82 bits per heavy atom. The van der Waals surface area contributed by atoms with Gasteiger partial charge in [-0.2, -0.15) is 0 Å². The number of carboxylic acids is 1. The predicted octanol–water partition coefficient (Wildman–Crippen LogP) is 2.48. The summed E-state index contributed by atoms with van der Waals surface area (Å²) in [6.07, 6.45) is 0. The molecule has 11 heavy (non-hydrogen) atoms. The van der Waals surface area contributed by atoms with E-state index in [-0.39, 0.29) is 0 Å². The first-order chi connectivity index (χ1) is 4.80. The van der Waals surface area contributed by atoms with Crippen LogP contribution in [-0.2, 0) is 4.79 Å². The quantitative estimate of drug-likeness (QED) is 0.769. The smallest absolute Gasteiger partial charge is 0.324 e. The average molecular weight is 240 g/mol. The molecule has 0 aromatic carbocycles. The molecule has 0 radical (unpaired) electrons. The number of carboxylic acid groups (broad SMARTS) is 1. The minimum Gasteiger partial charge on any atom is -0.480 e. The Morgan fingerprint density at radius 3 is 1.91 bits per heavy atom. The van der Waals surface area contributed by atoms with Gasteiger partial charge in [0.15, 0.2) is 9.71 Å². The highest BCUT2D eigenvalue weighted by atomic mass is 35.5. The van der Waals surface area contributed by atoms with Crippen LogP contribution in [0.25, 0.3) is 0 Å². The highest BCUT2D eigenvalue weighted by Crippen LogP contribution is 2.35. The van der Waals surface area contributed by atoms with Crippen LogP contribution in [0.4, 0.5) is 0 Å². The molecule has 0 saturated heterocycles. The normalized spacial score (nSPS) is 17.5. The molecule has 1 N–H and O–H groups in total. The van der Waals surface area contributed by atoms with Crippen LogP contribution in [0.15, 0.2) is 0 Å². The molecule has 0 bridgehead atoms. The SMILES string of the molecule is CC(Cl)C(Cl)(Cl)C(Cl)C(=O)O. The van der Waals surface area contributed by atoms with Crippen molar-refractivity contribution in [3.63, 3.8) is 0 Å². The van der Waals surface area contributed by atoms with Crippen molar-refractivity contribution >= 4 is 52.4 Å². The van der Waals surface area contributed by atoms with E-state index in [2.05, 4.69) is 0 Å². The molecule has 0 aliphatic rings. The molecule has 66 valence electrons. The van der Waals surface area contributed by atoms with Crippen molar-refractivity contribution in [2.24, 2.45) is 0 Å². The van der Waals surface area contributed by atoms with E-state index in [1.165, 1.54) is 6.92 Å². The molecule has 0 rings (SSSR count). The monoisotopic (exact) mass is 238 g/mol. The molecule has 0 aromatic heterocycles. The average Bonchev–Trinajstić information content (AvgIpc) is 1.85. The lowest BCUT2D eigenvalue weighted by molar-refractivity contribution is -0.136. The lowest BCUT2D eigenvalue weighted by Crippen LogP contribution is -2.39. The second-order valence-corrected chi connectivity index (χ2v) is 4.53. The number of alkyl halides is 4. The fourth-order valence-electron chi connectivity index (χ4n) is 0.366. The summed E-state index contributed by atoms with van der Waals surface area (Å²) >= 11 is 21.9. The number of rotatable bonds is 3. The highest BCUT2D eigenvalue weighted by Gasteiger charge is 2.42. The van der Waals surface area contributed by atoms with Crippen molar-refractivity contribution in [3.05, 3.63) is 0 Å². The topological polar surface area (TPSA) is 37.3 Å². The Bertz CT molecular complexity index is 157. The van der Waals surface area contributed by atoms with Gasteiger partial charge >= 0.3 is 5.97 Å². The van der Waals surface area contributed by atoms with E-state index < -0.39 is 21.1 Å². The molecule has 6 heteroatoms. The standard InChI is InChI=1S/C5H6Cl4O2/c1-2(6)5(8,9)3(7)4(10)11/h2-3H,1H3,(H,10,11). The van der Waals surface area contributed by atoms with Gasteiger partial charge in [0.05, 0.1) is 5.38 Å². The molecule has 2 atom stereocenters. The van der Waals surface area contributed by atoms with Crippen molar-refractivity contribution in [3.8, 4) is 0 Å².